The molecule has 0 radical (unpaired) electrons. The summed E-state index contributed by atoms with van der Waals surface area (Å²) in [5, 5.41) is 0.636. The predicted octanol–water partition coefficient (Wildman–Crippen LogP) is 2.68. The molecule has 0 N–H and O–H groups in total. The Morgan fingerprint density at radius 2 is 2.28 bits per heavy atom. The minimum Gasteiger partial charge on any atom is -0.312 e. The van der Waals surface area contributed by atoms with Gasteiger partial charge in [0.05, 0.1) is 5.02 Å². The summed E-state index contributed by atoms with van der Waals surface area (Å²) < 4.78 is 1.88. The fourth-order valence-electron chi connectivity index (χ4n) is 2.59. The van der Waals surface area contributed by atoms with Gasteiger partial charge in [-0.25, -0.2) is 0 Å². The molecule has 4 heteroatoms. The summed E-state index contributed by atoms with van der Waals surface area (Å²) in [6.07, 6.45) is 4.43. The number of nitrogens with zero attached hydrogens (tertiary/aromatic N) is 2. The molecule has 1 aromatic rings. The highest BCUT2D eigenvalue weighted by molar-refractivity contribution is 6.31. The van der Waals surface area contributed by atoms with Crippen molar-refractivity contribution in [3.63, 3.8) is 0 Å². The lowest BCUT2D eigenvalue weighted by Gasteiger charge is -2.19. The Kier molecular flexibility index (Phi) is 4.46. The van der Waals surface area contributed by atoms with Crippen molar-refractivity contribution in [3.05, 3.63) is 32.7 Å². The van der Waals surface area contributed by atoms with Crippen LogP contribution in [0.5, 0.6) is 0 Å². The number of rotatable bonds is 5. The minimum atomic E-state index is 0.0486. The standard InChI is InChI=1S/C14H21ClN2O/c1-3-4-7-16(2)10-11-12(15)9-14(18)17-8-5-6-13(11)17/h9H,3-8,10H2,1-2H3. The van der Waals surface area contributed by atoms with Crippen LogP contribution < -0.4 is 5.56 Å². The summed E-state index contributed by atoms with van der Waals surface area (Å²) in [6, 6.07) is 1.57. The molecule has 18 heavy (non-hydrogen) atoms. The Labute approximate surface area is 113 Å². The maximum atomic E-state index is 11.8. The van der Waals surface area contributed by atoms with Crippen LogP contribution in [0.3, 0.4) is 0 Å². The molecule has 0 unspecified atom stereocenters. The van der Waals surface area contributed by atoms with Crippen molar-refractivity contribution < 1.29 is 0 Å². The number of fused-ring (bicyclic) bond motifs is 1. The molecule has 0 aliphatic carbocycles. The smallest absolute Gasteiger partial charge is 0.252 e. The molecule has 0 saturated heterocycles. The molecular weight excluding hydrogens is 248 g/mol. The molecule has 0 bridgehead atoms. The van der Waals surface area contributed by atoms with Gasteiger partial charge in [-0.15, -0.1) is 0 Å². The number of hydrogen-bond acceptors (Lipinski definition) is 2. The quantitative estimate of drug-likeness (QED) is 0.820. The number of hydrogen-bond donors (Lipinski definition) is 0. The second-order valence-electron chi connectivity index (χ2n) is 5.10. The average Bonchev–Trinajstić information content (AvgIpc) is 2.81. The molecule has 2 heterocycles. The van der Waals surface area contributed by atoms with Crippen LogP contribution in [-0.2, 0) is 19.5 Å². The van der Waals surface area contributed by atoms with E-state index in [1.807, 2.05) is 4.57 Å². The molecule has 1 aliphatic heterocycles. The highest BCUT2D eigenvalue weighted by atomic mass is 35.5. The van der Waals surface area contributed by atoms with Crippen molar-refractivity contribution in [1.82, 2.24) is 9.47 Å². The number of unbranched alkanes of at least 4 members (excludes halogenated alkanes) is 1. The van der Waals surface area contributed by atoms with Crippen LogP contribution >= 0.6 is 11.6 Å². The normalized spacial score (nSPS) is 14.2. The molecule has 0 saturated carbocycles. The van der Waals surface area contributed by atoms with Crippen molar-refractivity contribution in [3.8, 4) is 0 Å². The van der Waals surface area contributed by atoms with E-state index in [-0.39, 0.29) is 5.56 Å². The lowest BCUT2D eigenvalue weighted by molar-refractivity contribution is 0.319. The van der Waals surface area contributed by atoms with Crippen LogP contribution in [0, 0.1) is 0 Å². The zero-order chi connectivity index (χ0) is 13.1. The largest absolute Gasteiger partial charge is 0.312 e. The molecule has 0 aromatic carbocycles. The first-order valence-corrected chi connectivity index (χ1v) is 7.11. The summed E-state index contributed by atoms with van der Waals surface area (Å²) in [5.41, 5.74) is 2.34. The van der Waals surface area contributed by atoms with Crippen LogP contribution in [0.4, 0.5) is 0 Å². The fraction of sp³-hybridized carbons (Fsp3) is 0.643. The Balaban J connectivity index is 2.23. The topological polar surface area (TPSA) is 25.2 Å². The Bertz CT molecular complexity index is 481. The van der Waals surface area contributed by atoms with Crippen molar-refractivity contribution in [2.45, 2.75) is 45.7 Å². The van der Waals surface area contributed by atoms with Gasteiger partial charge in [0.15, 0.2) is 0 Å². The van der Waals surface area contributed by atoms with Crippen molar-refractivity contribution in [2.75, 3.05) is 13.6 Å². The molecule has 0 atom stereocenters. The molecule has 0 amide bonds. The highest BCUT2D eigenvalue weighted by Gasteiger charge is 2.19. The lowest BCUT2D eigenvalue weighted by Crippen LogP contribution is -2.24. The third kappa shape index (κ3) is 2.78. The van der Waals surface area contributed by atoms with Gasteiger partial charge in [-0.05, 0) is 32.9 Å². The lowest BCUT2D eigenvalue weighted by atomic mass is 10.1. The first-order chi connectivity index (χ1) is 8.63. The fourth-order valence-corrected chi connectivity index (χ4v) is 2.85. The van der Waals surface area contributed by atoms with Gasteiger partial charge in [0.1, 0.15) is 0 Å². The zero-order valence-corrected chi connectivity index (χ0v) is 12.0. The Hall–Kier alpha value is -0.800. The summed E-state index contributed by atoms with van der Waals surface area (Å²) in [6.45, 7) is 4.96. The average molecular weight is 269 g/mol. The van der Waals surface area contributed by atoms with Crippen molar-refractivity contribution in [1.29, 1.82) is 0 Å². The van der Waals surface area contributed by atoms with Crippen LogP contribution in [0.25, 0.3) is 0 Å². The van der Waals surface area contributed by atoms with Crippen LogP contribution in [0.15, 0.2) is 10.9 Å². The SMILES string of the molecule is CCCCN(C)Cc1c(Cl)cc(=O)n2c1CCC2. The first-order valence-electron chi connectivity index (χ1n) is 6.73. The second-order valence-corrected chi connectivity index (χ2v) is 5.51. The van der Waals surface area contributed by atoms with Gasteiger partial charge < -0.3 is 9.47 Å². The molecule has 1 aromatic heterocycles. The van der Waals surface area contributed by atoms with Gasteiger partial charge in [0.2, 0.25) is 0 Å². The maximum Gasteiger partial charge on any atom is 0.252 e. The number of pyridine rings is 1. The Morgan fingerprint density at radius 3 is 3.00 bits per heavy atom. The van der Waals surface area contributed by atoms with E-state index in [9.17, 15) is 4.79 Å². The number of aromatic nitrogens is 1. The van der Waals surface area contributed by atoms with E-state index in [0.29, 0.717) is 5.02 Å². The molecule has 1 aliphatic rings. The molecule has 3 nitrogen and oxygen atoms in total. The number of halogens is 1. The maximum absolute atomic E-state index is 11.8. The molecular formula is C14H21ClN2O. The predicted molar refractivity (Wildman–Crippen MR) is 75.3 cm³/mol. The van der Waals surface area contributed by atoms with E-state index < -0.39 is 0 Å². The molecule has 0 spiro atoms. The van der Waals surface area contributed by atoms with Gasteiger partial charge >= 0.3 is 0 Å². The van der Waals surface area contributed by atoms with Crippen molar-refractivity contribution >= 4 is 11.6 Å². The summed E-state index contributed by atoms with van der Waals surface area (Å²) in [7, 11) is 2.11. The van der Waals surface area contributed by atoms with Gasteiger partial charge in [0.25, 0.3) is 5.56 Å². The van der Waals surface area contributed by atoms with Crippen LogP contribution in [0.2, 0.25) is 5.02 Å². The van der Waals surface area contributed by atoms with E-state index in [2.05, 4.69) is 18.9 Å². The van der Waals surface area contributed by atoms with E-state index in [1.165, 1.54) is 12.8 Å². The molecule has 100 valence electrons. The Morgan fingerprint density at radius 1 is 1.50 bits per heavy atom. The first kappa shape index (κ1) is 13.6. The van der Waals surface area contributed by atoms with Gasteiger partial charge in [-0.1, -0.05) is 24.9 Å². The minimum absolute atomic E-state index is 0.0486. The monoisotopic (exact) mass is 268 g/mol. The zero-order valence-electron chi connectivity index (χ0n) is 11.2. The van der Waals surface area contributed by atoms with Gasteiger partial charge in [0, 0.05) is 30.4 Å². The second kappa shape index (κ2) is 5.89. The summed E-state index contributed by atoms with van der Waals surface area (Å²) in [4.78, 5) is 14.1. The third-order valence-corrected chi connectivity index (χ3v) is 3.93. The van der Waals surface area contributed by atoms with Crippen molar-refractivity contribution in [2.24, 2.45) is 0 Å². The molecule has 0 fully saturated rings. The van der Waals surface area contributed by atoms with E-state index >= 15 is 0 Å². The highest BCUT2D eigenvalue weighted by Crippen LogP contribution is 2.24. The van der Waals surface area contributed by atoms with Gasteiger partial charge in [-0.2, -0.15) is 0 Å². The van der Waals surface area contributed by atoms with E-state index in [4.69, 9.17) is 11.6 Å². The van der Waals surface area contributed by atoms with E-state index in [0.717, 1.165) is 43.7 Å². The van der Waals surface area contributed by atoms with Gasteiger partial charge in [-0.3, -0.25) is 4.79 Å². The molecule has 2 rings (SSSR count). The summed E-state index contributed by atoms with van der Waals surface area (Å²) >= 11 is 6.25. The summed E-state index contributed by atoms with van der Waals surface area (Å²) in [5.74, 6) is 0. The van der Waals surface area contributed by atoms with Crippen LogP contribution in [0.1, 0.15) is 37.4 Å². The third-order valence-electron chi connectivity index (χ3n) is 3.60. The van der Waals surface area contributed by atoms with Crippen LogP contribution in [-0.4, -0.2) is 23.1 Å². The van der Waals surface area contributed by atoms with E-state index in [1.54, 1.807) is 6.07 Å².